The third-order valence-corrected chi connectivity index (χ3v) is 2.05. The van der Waals surface area contributed by atoms with Crippen LogP contribution in [0.3, 0.4) is 0 Å². The van der Waals surface area contributed by atoms with Crippen molar-refractivity contribution >= 4 is 23.9 Å². The number of carbonyl (C=O) groups is 3. The second kappa shape index (κ2) is 10.9. The molecular formula is C17H33N3O4. The topological polar surface area (TPSA) is 122 Å². The quantitative estimate of drug-likeness (QED) is 0.481. The van der Waals surface area contributed by atoms with Crippen LogP contribution in [0, 0.1) is 10.8 Å². The third-order valence-electron chi connectivity index (χ3n) is 2.05. The van der Waals surface area contributed by atoms with Gasteiger partial charge < -0.3 is 21.2 Å². The summed E-state index contributed by atoms with van der Waals surface area (Å²) in [6.07, 6.45) is 0.740. The van der Waals surface area contributed by atoms with E-state index in [1.165, 1.54) is 0 Å². The highest BCUT2D eigenvalue weighted by Gasteiger charge is 2.26. The molecule has 0 spiro atoms. The van der Waals surface area contributed by atoms with Crippen LogP contribution in [0.1, 0.15) is 61.3 Å². The van der Waals surface area contributed by atoms with E-state index in [0.717, 1.165) is 0 Å². The number of hydrogen-bond acceptors (Lipinski definition) is 6. The Morgan fingerprint density at radius 2 is 1.58 bits per heavy atom. The van der Waals surface area contributed by atoms with Gasteiger partial charge >= 0.3 is 5.97 Å². The Hall–Kier alpha value is -1.76. The zero-order valence-electron chi connectivity index (χ0n) is 16.0. The Kier molecular flexibility index (Phi) is 11.1. The molecule has 0 aliphatic heterocycles. The summed E-state index contributed by atoms with van der Waals surface area (Å²) < 4.78 is 5.15. The molecule has 0 radical (unpaired) electrons. The standard InChI is InChI=1S/C12H21N3O4.C5H12/c1-12(2,3)19-11(18)9(15-10(17)7-14)5-4-8(16)6-13;1-5(2,3)4/h6,9,13H,4-5,7,14H2,1-3H3,(H,15,17);1-4H3. The first-order valence-corrected chi connectivity index (χ1v) is 7.95. The molecule has 4 N–H and O–H groups in total. The summed E-state index contributed by atoms with van der Waals surface area (Å²) in [6.45, 7) is 13.6. The summed E-state index contributed by atoms with van der Waals surface area (Å²) in [5.41, 5.74) is 4.98. The molecule has 7 heteroatoms. The van der Waals surface area contributed by atoms with Gasteiger partial charge in [0.05, 0.1) is 12.8 Å². The molecule has 0 aromatic rings. The van der Waals surface area contributed by atoms with Crippen molar-refractivity contribution in [3.05, 3.63) is 0 Å². The molecule has 1 atom stereocenters. The fourth-order valence-corrected chi connectivity index (χ4v) is 1.23. The van der Waals surface area contributed by atoms with E-state index in [0.29, 0.717) is 11.6 Å². The van der Waals surface area contributed by atoms with Crippen molar-refractivity contribution in [1.82, 2.24) is 5.32 Å². The Morgan fingerprint density at radius 1 is 1.12 bits per heavy atom. The van der Waals surface area contributed by atoms with E-state index in [9.17, 15) is 14.4 Å². The lowest BCUT2D eigenvalue weighted by Gasteiger charge is -2.24. The summed E-state index contributed by atoms with van der Waals surface area (Å²) in [5, 5.41) is 9.19. The SMILES string of the molecule is CC(C)(C)C.CC(C)(C)OC(=O)C(CCC(=O)C=N)NC(=O)CN. The molecule has 0 rings (SSSR count). The molecule has 0 bridgehead atoms. The summed E-state index contributed by atoms with van der Waals surface area (Å²) in [4.78, 5) is 34.1. The molecule has 0 saturated heterocycles. The van der Waals surface area contributed by atoms with Crippen molar-refractivity contribution < 1.29 is 19.1 Å². The molecule has 0 aliphatic carbocycles. The van der Waals surface area contributed by atoms with Crippen LogP contribution in [-0.2, 0) is 19.1 Å². The maximum Gasteiger partial charge on any atom is 0.329 e. The van der Waals surface area contributed by atoms with E-state index >= 15 is 0 Å². The molecular weight excluding hydrogens is 310 g/mol. The van der Waals surface area contributed by atoms with Crippen LogP contribution < -0.4 is 11.1 Å². The van der Waals surface area contributed by atoms with Gasteiger partial charge in [0.1, 0.15) is 11.6 Å². The number of esters is 1. The van der Waals surface area contributed by atoms with Gasteiger partial charge in [-0.05, 0) is 32.6 Å². The molecule has 0 saturated carbocycles. The largest absolute Gasteiger partial charge is 0.458 e. The normalized spacial score (nSPS) is 12.3. The average Bonchev–Trinajstić information content (AvgIpc) is 2.38. The number of rotatable bonds is 7. The van der Waals surface area contributed by atoms with Crippen LogP contribution in [0.5, 0.6) is 0 Å². The van der Waals surface area contributed by atoms with E-state index in [4.69, 9.17) is 15.9 Å². The number of ketones is 1. The highest BCUT2D eigenvalue weighted by molar-refractivity contribution is 6.26. The van der Waals surface area contributed by atoms with Crippen LogP contribution >= 0.6 is 0 Å². The molecule has 24 heavy (non-hydrogen) atoms. The Balaban J connectivity index is 0. The summed E-state index contributed by atoms with van der Waals surface area (Å²) in [7, 11) is 0. The van der Waals surface area contributed by atoms with Gasteiger partial charge in [-0.25, -0.2) is 4.79 Å². The second-order valence-corrected chi connectivity index (χ2v) is 8.01. The number of Topliss-reactive ketones (excluding diaryl/α,β-unsaturated/α-hetero) is 1. The number of ether oxygens (including phenoxy) is 1. The van der Waals surface area contributed by atoms with Crippen molar-refractivity contribution in [2.45, 2.75) is 73.0 Å². The first-order chi connectivity index (χ1) is 10.7. The summed E-state index contributed by atoms with van der Waals surface area (Å²) >= 11 is 0. The van der Waals surface area contributed by atoms with Crippen LogP contribution in [0.15, 0.2) is 0 Å². The molecule has 0 aromatic carbocycles. The highest BCUT2D eigenvalue weighted by Crippen LogP contribution is 2.11. The molecule has 0 aromatic heterocycles. The second-order valence-electron chi connectivity index (χ2n) is 8.01. The van der Waals surface area contributed by atoms with Crippen molar-refractivity contribution in [2.75, 3.05) is 6.54 Å². The average molecular weight is 343 g/mol. The minimum atomic E-state index is -0.931. The van der Waals surface area contributed by atoms with Crippen LogP contribution in [0.2, 0.25) is 0 Å². The molecule has 140 valence electrons. The zero-order valence-corrected chi connectivity index (χ0v) is 16.0. The van der Waals surface area contributed by atoms with Gasteiger partial charge in [0.2, 0.25) is 5.91 Å². The lowest BCUT2D eigenvalue weighted by atomic mass is 10.0. The molecule has 0 aliphatic rings. The first kappa shape index (κ1) is 24.5. The van der Waals surface area contributed by atoms with Crippen LogP contribution in [-0.4, -0.2) is 42.1 Å². The monoisotopic (exact) mass is 343 g/mol. The number of nitrogens with two attached hydrogens (primary N) is 1. The minimum absolute atomic E-state index is 0.0156. The van der Waals surface area contributed by atoms with Crippen molar-refractivity contribution in [3.63, 3.8) is 0 Å². The molecule has 7 nitrogen and oxygen atoms in total. The summed E-state index contributed by atoms with van der Waals surface area (Å²) in [6, 6.07) is -0.931. The van der Waals surface area contributed by atoms with Gasteiger partial charge in [-0.2, -0.15) is 0 Å². The van der Waals surface area contributed by atoms with Gasteiger partial charge in [-0.15, -0.1) is 0 Å². The van der Waals surface area contributed by atoms with E-state index in [1.54, 1.807) is 20.8 Å². The van der Waals surface area contributed by atoms with E-state index in [1.807, 2.05) is 0 Å². The van der Waals surface area contributed by atoms with E-state index in [2.05, 4.69) is 33.0 Å². The Morgan fingerprint density at radius 3 is 1.92 bits per heavy atom. The third kappa shape index (κ3) is 18.3. The fraction of sp³-hybridized carbons (Fsp3) is 0.765. The van der Waals surface area contributed by atoms with Crippen molar-refractivity contribution in [2.24, 2.45) is 11.1 Å². The Bertz CT molecular complexity index is 428. The van der Waals surface area contributed by atoms with Gasteiger partial charge in [0, 0.05) is 6.42 Å². The van der Waals surface area contributed by atoms with Crippen molar-refractivity contribution in [1.29, 1.82) is 5.41 Å². The summed E-state index contributed by atoms with van der Waals surface area (Å²) in [5.74, 6) is -1.54. The molecule has 0 fully saturated rings. The lowest BCUT2D eigenvalue weighted by Crippen LogP contribution is -2.46. The molecule has 1 unspecified atom stereocenters. The van der Waals surface area contributed by atoms with Crippen LogP contribution in [0.25, 0.3) is 0 Å². The highest BCUT2D eigenvalue weighted by atomic mass is 16.6. The van der Waals surface area contributed by atoms with Crippen LogP contribution in [0.4, 0.5) is 0 Å². The lowest BCUT2D eigenvalue weighted by molar-refractivity contribution is -0.158. The Labute approximate surface area is 145 Å². The maximum absolute atomic E-state index is 11.9. The van der Waals surface area contributed by atoms with Gasteiger partial charge in [-0.3, -0.25) is 9.59 Å². The fourth-order valence-electron chi connectivity index (χ4n) is 1.23. The number of carbonyl (C=O) groups excluding carboxylic acids is 3. The number of nitrogens with one attached hydrogen (secondary N) is 2. The predicted molar refractivity (Wildman–Crippen MR) is 95.0 cm³/mol. The predicted octanol–water partition coefficient (Wildman–Crippen LogP) is 1.82. The molecule has 0 heterocycles. The number of hydrogen-bond donors (Lipinski definition) is 3. The zero-order chi connectivity index (χ0) is 19.6. The number of amides is 1. The van der Waals surface area contributed by atoms with Gasteiger partial charge in [0.25, 0.3) is 0 Å². The maximum atomic E-state index is 11.9. The van der Waals surface area contributed by atoms with Crippen molar-refractivity contribution in [3.8, 4) is 0 Å². The smallest absolute Gasteiger partial charge is 0.329 e. The van der Waals surface area contributed by atoms with E-state index in [-0.39, 0.29) is 19.4 Å². The van der Waals surface area contributed by atoms with E-state index < -0.39 is 29.3 Å². The van der Waals surface area contributed by atoms with Gasteiger partial charge in [-0.1, -0.05) is 27.7 Å². The van der Waals surface area contributed by atoms with Gasteiger partial charge in [0.15, 0.2) is 5.78 Å². The minimum Gasteiger partial charge on any atom is -0.458 e. The molecule has 1 amide bonds. The first-order valence-electron chi connectivity index (χ1n) is 7.95.